The maximum absolute atomic E-state index is 11.9. The van der Waals surface area contributed by atoms with Crippen LogP contribution < -0.4 is 4.72 Å². The standard InChI is InChI=1S/C10H19NO2S/c1-10(2,3)14(12,13)11-9-5-4-7-6-8(7)9/h7-9,11H,4-6H2,1-3H3/t7-,8+,9+/m0/s1. The van der Waals surface area contributed by atoms with Crippen molar-refractivity contribution in [1.82, 2.24) is 4.72 Å². The minimum absolute atomic E-state index is 0.226. The fourth-order valence-electron chi connectivity index (χ4n) is 2.23. The van der Waals surface area contributed by atoms with Gasteiger partial charge in [-0.15, -0.1) is 0 Å². The van der Waals surface area contributed by atoms with Gasteiger partial charge < -0.3 is 0 Å². The normalized spacial score (nSPS) is 36.9. The molecule has 14 heavy (non-hydrogen) atoms. The van der Waals surface area contributed by atoms with E-state index in [1.165, 1.54) is 12.8 Å². The van der Waals surface area contributed by atoms with Gasteiger partial charge in [-0.3, -0.25) is 0 Å². The zero-order valence-electron chi connectivity index (χ0n) is 9.08. The highest BCUT2D eigenvalue weighted by atomic mass is 32.2. The van der Waals surface area contributed by atoms with E-state index in [1.54, 1.807) is 20.8 Å². The second-order valence-electron chi connectivity index (χ2n) is 5.58. The lowest BCUT2D eigenvalue weighted by atomic mass is 10.2. The van der Waals surface area contributed by atoms with Crippen molar-refractivity contribution < 1.29 is 8.42 Å². The second-order valence-corrected chi connectivity index (χ2v) is 8.04. The van der Waals surface area contributed by atoms with Crippen LogP contribution in [0, 0.1) is 11.8 Å². The van der Waals surface area contributed by atoms with E-state index in [-0.39, 0.29) is 6.04 Å². The minimum atomic E-state index is -3.14. The molecule has 0 saturated heterocycles. The van der Waals surface area contributed by atoms with Gasteiger partial charge in [0.1, 0.15) is 0 Å². The van der Waals surface area contributed by atoms with Crippen molar-refractivity contribution >= 4 is 10.0 Å². The smallest absolute Gasteiger partial charge is 0.212 e. The molecule has 0 aromatic carbocycles. The van der Waals surface area contributed by atoms with Crippen molar-refractivity contribution in [3.8, 4) is 0 Å². The van der Waals surface area contributed by atoms with Gasteiger partial charge in [0.2, 0.25) is 10.0 Å². The van der Waals surface area contributed by atoms with Gasteiger partial charge in [0.25, 0.3) is 0 Å². The Balaban J connectivity index is 2.03. The number of hydrogen-bond donors (Lipinski definition) is 1. The molecule has 2 aliphatic rings. The summed E-state index contributed by atoms with van der Waals surface area (Å²) >= 11 is 0. The predicted molar refractivity (Wildman–Crippen MR) is 56.4 cm³/mol. The molecule has 0 spiro atoms. The van der Waals surface area contributed by atoms with Crippen LogP contribution in [-0.4, -0.2) is 19.2 Å². The summed E-state index contributed by atoms with van der Waals surface area (Å²) in [5.41, 5.74) is 0. The van der Waals surface area contributed by atoms with Gasteiger partial charge in [-0.05, 0) is 51.9 Å². The molecular weight excluding hydrogens is 198 g/mol. The molecule has 3 atom stereocenters. The highest BCUT2D eigenvalue weighted by molar-refractivity contribution is 7.90. The number of rotatable bonds is 2. The van der Waals surface area contributed by atoms with Crippen LogP contribution in [0.5, 0.6) is 0 Å². The van der Waals surface area contributed by atoms with E-state index in [0.29, 0.717) is 5.92 Å². The molecule has 0 amide bonds. The summed E-state index contributed by atoms with van der Waals surface area (Å²) in [7, 11) is -3.14. The van der Waals surface area contributed by atoms with Crippen LogP contribution in [0.25, 0.3) is 0 Å². The molecule has 0 unspecified atom stereocenters. The van der Waals surface area contributed by atoms with Gasteiger partial charge in [-0.25, -0.2) is 13.1 Å². The van der Waals surface area contributed by atoms with E-state index in [1.807, 2.05) is 0 Å². The van der Waals surface area contributed by atoms with Crippen molar-refractivity contribution in [3.05, 3.63) is 0 Å². The second kappa shape index (κ2) is 2.95. The lowest BCUT2D eigenvalue weighted by Gasteiger charge is -2.23. The van der Waals surface area contributed by atoms with Crippen molar-refractivity contribution in [2.45, 2.75) is 50.8 Å². The van der Waals surface area contributed by atoms with Crippen LogP contribution in [0.1, 0.15) is 40.0 Å². The first-order valence-electron chi connectivity index (χ1n) is 5.33. The summed E-state index contributed by atoms with van der Waals surface area (Å²) in [6, 6.07) is 0.226. The van der Waals surface area contributed by atoms with Gasteiger partial charge in [0, 0.05) is 6.04 Å². The minimum Gasteiger partial charge on any atom is -0.212 e. The lowest BCUT2D eigenvalue weighted by Crippen LogP contribution is -2.44. The largest absolute Gasteiger partial charge is 0.216 e. The first-order chi connectivity index (χ1) is 6.31. The summed E-state index contributed by atoms with van der Waals surface area (Å²) in [5, 5.41) is 0. The molecule has 2 fully saturated rings. The van der Waals surface area contributed by atoms with Crippen molar-refractivity contribution in [3.63, 3.8) is 0 Å². The van der Waals surface area contributed by atoms with Crippen LogP contribution in [-0.2, 0) is 10.0 Å². The van der Waals surface area contributed by atoms with E-state index in [2.05, 4.69) is 4.72 Å². The number of nitrogens with one attached hydrogen (secondary N) is 1. The topological polar surface area (TPSA) is 46.2 Å². The van der Waals surface area contributed by atoms with Gasteiger partial charge in [-0.2, -0.15) is 0 Å². The molecule has 2 aliphatic carbocycles. The highest BCUT2D eigenvalue weighted by Crippen LogP contribution is 2.52. The summed E-state index contributed by atoms with van der Waals surface area (Å²) in [6.45, 7) is 5.23. The Labute approximate surface area is 86.3 Å². The van der Waals surface area contributed by atoms with E-state index in [0.717, 1.165) is 12.3 Å². The molecule has 2 saturated carbocycles. The lowest BCUT2D eigenvalue weighted by molar-refractivity contribution is 0.500. The number of sulfonamides is 1. The van der Waals surface area contributed by atoms with Crippen LogP contribution >= 0.6 is 0 Å². The Morgan fingerprint density at radius 3 is 2.21 bits per heavy atom. The van der Waals surface area contributed by atoms with E-state index < -0.39 is 14.8 Å². The first-order valence-corrected chi connectivity index (χ1v) is 6.81. The van der Waals surface area contributed by atoms with Crippen molar-refractivity contribution in [1.29, 1.82) is 0 Å². The Hall–Kier alpha value is -0.0900. The maximum atomic E-state index is 11.9. The Morgan fingerprint density at radius 1 is 1.21 bits per heavy atom. The van der Waals surface area contributed by atoms with E-state index in [9.17, 15) is 8.42 Å². The number of fused-ring (bicyclic) bond motifs is 1. The third-order valence-corrected chi connectivity index (χ3v) is 5.68. The van der Waals surface area contributed by atoms with Gasteiger partial charge >= 0.3 is 0 Å². The molecule has 0 aromatic heterocycles. The molecule has 1 N–H and O–H groups in total. The molecule has 0 bridgehead atoms. The SMILES string of the molecule is CC(C)(C)S(=O)(=O)N[C@@H]1CC[C@H]2C[C@H]21. The van der Waals surface area contributed by atoms with Gasteiger partial charge in [-0.1, -0.05) is 0 Å². The molecule has 0 radical (unpaired) electrons. The fourth-order valence-corrected chi connectivity index (χ4v) is 3.27. The van der Waals surface area contributed by atoms with Crippen LogP contribution in [0.15, 0.2) is 0 Å². The molecule has 4 heteroatoms. The third kappa shape index (κ3) is 1.70. The first kappa shape index (κ1) is 10.4. The monoisotopic (exact) mass is 217 g/mol. The molecule has 82 valence electrons. The van der Waals surface area contributed by atoms with E-state index >= 15 is 0 Å². The number of hydrogen-bond acceptors (Lipinski definition) is 2. The molecule has 0 heterocycles. The molecule has 3 nitrogen and oxygen atoms in total. The average Bonchev–Trinajstić information content (AvgIpc) is 2.68. The molecule has 0 aliphatic heterocycles. The Kier molecular flexibility index (Phi) is 2.20. The van der Waals surface area contributed by atoms with E-state index in [4.69, 9.17) is 0 Å². The quantitative estimate of drug-likeness (QED) is 0.762. The highest BCUT2D eigenvalue weighted by Gasteiger charge is 2.49. The summed E-state index contributed by atoms with van der Waals surface area (Å²) in [5.74, 6) is 1.47. The fraction of sp³-hybridized carbons (Fsp3) is 1.00. The third-order valence-electron chi connectivity index (χ3n) is 3.46. The average molecular weight is 217 g/mol. The predicted octanol–water partition coefficient (Wildman–Crippen LogP) is 1.50. The van der Waals surface area contributed by atoms with Crippen LogP contribution in [0.4, 0.5) is 0 Å². The Morgan fingerprint density at radius 2 is 1.86 bits per heavy atom. The van der Waals surface area contributed by atoms with Gasteiger partial charge in [0.15, 0.2) is 0 Å². The molecular formula is C10H19NO2S. The van der Waals surface area contributed by atoms with Crippen molar-refractivity contribution in [2.75, 3.05) is 0 Å². The maximum Gasteiger partial charge on any atom is 0.216 e. The Bertz CT molecular complexity index is 329. The molecule has 2 rings (SSSR count). The van der Waals surface area contributed by atoms with Crippen LogP contribution in [0.3, 0.4) is 0 Å². The summed E-state index contributed by atoms with van der Waals surface area (Å²) in [6.07, 6.45) is 3.48. The zero-order chi connectivity index (χ0) is 10.6. The molecule has 0 aromatic rings. The van der Waals surface area contributed by atoms with Crippen molar-refractivity contribution in [2.24, 2.45) is 11.8 Å². The summed E-state index contributed by atoms with van der Waals surface area (Å²) in [4.78, 5) is 0. The van der Waals surface area contributed by atoms with Crippen LogP contribution in [0.2, 0.25) is 0 Å². The summed E-state index contributed by atoms with van der Waals surface area (Å²) < 4.78 is 25.9. The van der Waals surface area contributed by atoms with Gasteiger partial charge in [0.05, 0.1) is 4.75 Å². The zero-order valence-corrected chi connectivity index (χ0v) is 9.89.